The molecule has 0 rings (SSSR count). The highest BCUT2D eigenvalue weighted by molar-refractivity contribution is 5.86. The topological polar surface area (TPSA) is 49.3 Å². The van der Waals surface area contributed by atoms with E-state index in [-0.39, 0.29) is 0 Å². The molecule has 0 unspecified atom stereocenters. The van der Waals surface area contributed by atoms with Crippen LogP contribution in [0.25, 0.3) is 0 Å². The van der Waals surface area contributed by atoms with Crippen LogP contribution in [0.2, 0.25) is 0 Å². The van der Waals surface area contributed by atoms with Crippen LogP contribution < -0.4 is 5.48 Å². The van der Waals surface area contributed by atoms with Crippen molar-refractivity contribution < 1.29 is 10.0 Å². The number of allylic oxidation sites excluding steroid dienone is 5. The first-order valence-corrected chi connectivity index (χ1v) is 8.21. The zero-order valence-electron chi connectivity index (χ0n) is 13.4. The molecule has 0 aliphatic carbocycles. The van der Waals surface area contributed by atoms with E-state index in [2.05, 4.69) is 31.2 Å². The third-order valence-electron chi connectivity index (χ3n) is 3.20. The van der Waals surface area contributed by atoms with Gasteiger partial charge in [-0.05, 0) is 44.9 Å². The number of carbonyl (C=O) groups is 1. The second kappa shape index (κ2) is 16.7. The first-order valence-electron chi connectivity index (χ1n) is 8.21. The summed E-state index contributed by atoms with van der Waals surface area (Å²) in [6.07, 6.45) is 23.8. The summed E-state index contributed by atoms with van der Waals surface area (Å²) in [6.45, 7) is 2.23. The van der Waals surface area contributed by atoms with Crippen molar-refractivity contribution in [3.05, 3.63) is 36.5 Å². The lowest BCUT2D eigenvalue weighted by Crippen LogP contribution is -2.14. The van der Waals surface area contributed by atoms with Gasteiger partial charge in [-0.2, -0.15) is 0 Å². The molecule has 2 N–H and O–H groups in total. The molecule has 0 heterocycles. The third kappa shape index (κ3) is 16.6. The number of hydrogen-bond acceptors (Lipinski definition) is 2. The maximum atomic E-state index is 10.7. The van der Waals surface area contributed by atoms with E-state index >= 15 is 0 Å². The Morgan fingerprint density at radius 2 is 1.43 bits per heavy atom. The Morgan fingerprint density at radius 1 is 0.857 bits per heavy atom. The van der Waals surface area contributed by atoms with Gasteiger partial charge in [-0.3, -0.25) is 10.0 Å². The van der Waals surface area contributed by atoms with E-state index in [1.165, 1.54) is 44.6 Å². The van der Waals surface area contributed by atoms with Crippen LogP contribution in [0.4, 0.5) is 0 Å². The SMILES string of the molecule is CCCCCC=CCC=CCCCCC/C=C/C(=O)NO. The molecule has 0 fully saturated rings. The first-order chi connectivity index (χ1) is 10.3. The number of rotatable bonds is 13. The number of hydroxylamine groups is 1. The zero-order valence-corrected chi connectivity index (χ0v) is 13.4. The van der Waals surface area contributed by atoms with Crippen molar-refractivity contribution in [3.8, 4) is 0 Å². The fourth-order valence-corrected chi connectivity index (χ4v) is 1.95. The average molecular weight is 293 g/mol. The molecule has 0 bridgehead atoms. The van der Waals surface area contributed by atoms with Crippen LogP contribution in [0.1, 0.15) is 71.1 Å². The fourth-order valence-electron chi connectivity index (χ4n) is 1.95. The molecule has 1 amide bonds. The van der Waals surface area contributed by atoms with Gasteiger partial charge in [-0.1, -0.05) is 56.6 Å². The molecule has 0 radical (unpaired) electrons. The van der Waals surface area contributed by atoms with Crippen molar-refractivity contribution in [3.63, 3.8) is 0 Å². The number of unbranched alkanes of at least 4 members (excludes halogenated alkanes) is 7. The van der Waals surface area contributed by atoms with Gasteiger partial charge in [0.15, 0.2) is 0 Å². The molecule has 0 aromatic heterocycles. The smallest absolute Gasteiger partial charge is 0.267 e. The van der Waals surface area contributed by atoms with E-state index in [1.54, 1.807) is 11.6 Å². The summed E-state index contributed by atoms with van der Waals surface area (Å²) in [5, 5.41) is 8.29. The standard InChI is InChI=1S/C18H31NO2/c1-2-3-4-5-6-7-8-9-10-11-12-13-14-15-16-17-18(20)19-21/h6-7,9-10,16-17,21H,2-5,8,11-15H2,1H3,(H,19,20)/b7-6?,10-9?,17-16+. The van der Waals surface area contributed by atoms with Crippen LogP contribution in [0.3, 0.4) is 0 Å². The predicted molar refractivity (Wildman–Crippen MR) is 89.2 cm³/mol. The van der Waals surface area contributed by atoms with Crippen LogP contribution >= 0.6 is 0 Å². The summed E-state index contributed by atoms with van der Waals surface area (Å²) < 4.78 is 0. The largest absolute Gasteiger partial charge is 0.288 e. The minimum atomic E-state index is -0.458. The Labute approximate surface area is 129 Å². The Morgan fingerprint density at radius 3 is 2.00 bits per heavy atom. The molecular weight excluding hydrogens is 262 g/mol. The summed E-state index contributed by atoms with van der Waals surface area (Å²) in [5.74, 6) is -0.458. The Balaban J connectivity index is 3.29. The van der Waals surface area contributed by atoms with Gasteiger partial charge in [-0.25, -0.2) is 5.48 Å². The van der Waals surface area contributed by atoms with E-state index in [9.17, 15) is 4.79 Å². The van der Waals surface area contributed by atoms with Gasteiger partial charge in [-0.15, -0.1) is 0 Å². The number of nitrogens with one attached hydrogen (secondary N) is 1. The minimum Gasteiger partial charge on any atom is -0.288 e. The molecule has 0 spiro atoms. The fraction of sp³-hybridized carbons (Fsp3) is 0.611. The second-order valence-electron chi connectivity index (χ2n) is 5.19. The number of hydrogen-bond donors (Lipinski definition) is 2. The van der Waals surface area contributed by atoms with E-state index in [4.69, 9.17) is 5.21 Å². The van der Waals surface area contributed by atoms with Gasteiger partial charge in [0.2, 0.25) is 0 Å². The van der Waals surface area contributed by atoms with E-state index in [1.807, 2.05) is 0 Å². The second-order valence-corrected chi connectivity index (χ2v) is 5.19. The molecule has 0 aromatic rings. The van der Waals surface area contributed by atoms with Crippen LogP contribution in [0.15, 0.2) is 36.5 Å². The van der Waals surface area contributed by atoms with Gasteiger partial charge in [0, 0.05) is 6.08 Å². The lowest BCUT2D eigenvalue weighted by Gasteiger charge is -1.95. The first kappa shape index (κ1) is 19.7. The Bertz CT molecular complexity index is 319. The summed E-state index contributed by atoms with van der Waals surface area (Å²) in [6, 6.07) is 0. The third-order valence-corrected chi connectivity index (χ3v) is 3.20. The van der Waals surface area contributed by atoms with Crippen LogP contribution in [0, 0.1) is 0 Å². The molecule has 3 heteroatoms. The van der Waals surface area contributed by atoms with Crippen molar-refractivity contribution in [1.82, 2.24) is 5.48 Å². The van der Waals surface area contributed by atoms with Crippen molar-refractivity contribution in [2.24, 2.45) is 0 Å². The monoisotopic (exact) mass is 293 g/mol. The molecule has 0 aliphatic heterocycles. The van der Waals surface area contributed by atoms with E-state index in [0.717, 1.165) is 25.7 Å². The quantitative estimate of drug-likeness (QED) is 0.163. The summed E-state index contributed by atoms with van der Waals surface area (Å²) in [5.41, 5.74) is 1.57. The molecule has 0 aliphatic rings. The Hall–Kier alpha value is -1.35. The minimum absolute atomic E-state index is 0.458. The van der Waals surface area contributed by atoms with Crippen LogP contribution in [0.5, 0.6) is 0 Å². The lowest BCUT2D eigenvalue weighted by molar-refractivity contribution is -0.124. The Kier molecular flexibility index (Phi) is 15.6. The molecule has 0 atom stereocenters. The summed E-state index contributed by atoms with van der Waals surface area (Å²) in [7, 11) is 0. The maximum Gasteiger partial charge on any atom is 0.267 e. The van der Waals surface area contributed by atoms with Gasteiger partial charge in [0.25, 0.3) is 5.91 Å². The van der Waals surface area contributed by atoms with Crippen molar-refractivity contribution in [2.45, 2.75) is 71.1 Å². The molecule has 21 heavy (non-hydrogen) atoms. The highest BCUT2D eigenvalue weighted by Crippen LogP contribution is 2.05. The number of carbonyl (C=O) groups excluding carboxylic acids is 1. The molecule has 0 saturated carbocycles. The molecular formula is C18H31NO2. The van der Waals surface area contributed by atoms with Gasteiger partial charge in [0.05, 0.1) is 0 Å². The van der Waals surface area contributed by atoms with Crippen LogP contribution in [-0.4, -0.2) is 11.1 Å². The van der Waals surface area contributed by atoms with E-state index in [0.29, 0.717) is 0 Å². The van der Waals surface area contributed by atoms with Gasteiger partial charge < -0.3 is 0 Å². The zero-order chi connectivity index (χ0) is 15.6. The normalized spacial score (nSPS) is 11.9. The van der Waals surface area contributed by atoms with Gasteiger partial charge in [0.1, 0.15) is 0 Å². The summed E-state index contributed by atoms with van der Waals surface area (Å²) >= 11 is 0. The van der Waals surface area contributed by atoms with Crippen molar-refractivity contribution in [1.29, 1.82) is 0 Å². The molecule has 0 aromatic carbocycles. The highest BCUT2D eigenvalue weighted by atomic mass is 16.5. The molecule has 120 valence electrons. The van der Waals surface area contributed by atoms with E-state index < -0.39 is 5.91 Å². The van der Waals surface area contributed by atoms with Crippen molar-refractivity contribution in [2.75, 3.05) is 0 Å². The molecule has 0 saturated heterocycles. The number of amides is 1. The maximum absolute atomic E-state index is 10.7. The van der Waals surface area contributed by atoms with Gasteiger partial charge >= 0.3 is 0 Å². The highest BCUT2D eigenvalue weighted by Gasteiger charge is 1.89. The average Bonchev–Trinajstić information content (AvgIpc) is 2.50. The summed E-state index contributed by atoms with van der Waals surface area (Å²) in [4.78, 5) is 10.7. The van der Waals surface area contributed by atoms with Crippen LogP contribution in [-0.2, 0) is 4.79 Å². The van der Waals surface area contributed by atoms with Crippen molar-refractivity contribution >= 4 is 5.91 Å². The lowest BCUT2D eigenvalue weighted by atomic mass is 10.1. The molecule has 3 nitrogen and oxygen atoms in total. The predicted octanol–water partition coefficient (Wildman–Crippen LogP) is 5.08.